The van der Waals surface area contributed by atoms with Crippen molar-refractivity contribution in [3.05, 3.63) is 59.2 Å². The van der Waals surface area contributed by atoms with Crippen LogP contribution in [0, 0.1) is 13.8 Å². The number of ether oxygens (including phenoxy) is 1. The number of hydrogen-bond donors (Lipinski definition) is 1. The van der Waals surface area contributed by atoms with E-state index in [2.05, 4.69) is 5.32 Å². The number of para-hydroxylation sites is 1. The summed E-state index contributed by atoms with van der Waals surface area (Å²) in [5.74, 6) is 0.429. The number of hydrogen-bond acceptors (Lipinski definition) is 4. The third-order valence-electron chi connectivity index (χ3n) is 5.62. The maximum absolute atomic E-state index is 13.5. The van der Waals surface area contributed by atoms with Crippen LogP contribution in [0.25, 0.3) is 0 Å². The second-order valence-corrected chi connectivity index (χ2v) is 10.8. The minimum absolute atomic E-state index is 0.262. The predicted octanol–water partition coefficient (Wildman–Crippen LogP) is 4.27. The van der Waals surface area contributed by atoms with E-state index in [1.165, 1.54) is 4.31 Å². The molecule has 31 heavy (non-hydrogen) atoms. The van der Waals surface area contributed by atoms with Crippen molar-refractivity contribution in [3.63, 3.8) is 0 Å². The van der Waals surface area contributed by atoms with Gasteiger partial charge in [-0.3, -0.25) is 9.10 Å². The Hall–Kier alpha value is -2.54. The standard InChI is InChI=1S/C24H32N2O4S/c1-7-20(26(31(6,28)29)21-14-16(2)12-13-17(21)3)23(27)25-19-15-24(4,5)30-22-11-9-8-10-18(19)22/h8-14,19-20H,7,15H2,1-6H3,(H,25,27)/t19-,20-/m0/s1. The van der Waals surface area contributed by atoms with Crippen LogP contribution in [0.4, 0.5) is 5.69 Å². The molecule has 6 nitrogen and oxygen atoms in total. The van der Waals surface area contributed by atoms with Crippen molar-refractivity contribution in [2.75, 3.05) is 10.6 Å². The van der Waals surface area contributed by atoms with Crippen molar-refractivity contribution >= 4 is 21.6 Å². The molecular weight excluding hydrogens is 412 g/mol. The maximum atomic E-state index is 13.5. The number of anilines is 1. The molecule has 2 aromatic rings. The average Bonchev–Trinajstić information content (AvgIpc) is 2.66. The number of rotatable bonds is 6. The summed E-state index contributed by atoms with van der Waals surface area (Å²) in [4.78, 5) is 13.5. The number of nitrogens with one attached hydrogen (secondary N) is 1. The molecule has 0 unspecified atom stereocenters. The molecule has 0 saturated heterocycles. The van der Waals surface area contributed by atoms with Crippen LogP contribution in [0.1, 0.15) is 56.3 Å². The fourth-order valence-corrected chi connectivity index (χ4v) is 5.45. The first kappa shape index (κ1) is 23.1. The lowest BCUT2D eigenvalue weighted by Crippen LogP contribution is -2.51. The molecule has 0 spiro atoms. The van der Waals surface area contributed by atoms with Crippen molar-refractivity contribution < 1.29 is 17.9 Å². The number of nitrogens with zero attached hydrogens (tertiary/aromatic N) is 1. The fourth-order valence-electron chi connectivity index (χ4n) is 4.19. The summed E-state index contributed by atoms with van der Waals surface area (Å²) in [5.41, 5.74) is 2.74. The van der Waals surface area contributed by atoms with Crippen LogP contribution in [0.5, 0.6) is 5.75 Å². The maximum Gasteiger partial charge on any atom is 0.244 e. The highest BCUT2D eigenvalue weighted by molar-refractivity contribution is 7.92. The van der Waals surface area contributed by atoms with Gasteiger partial charge in [-0.1, -0.05) is 37.3 Å². The zero-order chi connectivity index (χ0) is 23.0. The third kappa shape index (κ3) is 5.03. The first-order chi connectivity index (χ1) is 14.4. The quantitative estimate of drug-likeness (QED) is 0.722. The summed E-state index contributed by atoms with van der Waals surface area (Å²) in [6.07, 6.45) is 2.09. The van der Waals surface area contributed by atoms with Gasteiger partial charge < -0.3 is 10.1 Å². The van der Waals surface area contributed by atoms with Crippen LogP contribution in [0.15, 0.2) is 42.5 Å². The number of carbonyl (C=O) groups excluding carboxylic acids is 1. The van der Waals surface area contributed by atoms with E-state index in [1.54, 1.807) is 0 Å². The van der Waals surface area contributed by atoms with E-state index >= 15 is 0 Å². The summed E-state index contributed by atoms with van der Waals surface area (Å²) in [5, 5.41) is 3.11. The van der Waals surface area contributed by atoms with Crippen molar-refractivity contribution in [3.8, 4) is 5.75 Å². The topological polar surface area (TPSA) is 75.7 Å². The number of fused-ring (bicyclic) bond motifs is 1. The van der Waals surface area contributed by atoms with Crippen LogP contribution in [-0.2, 0) is 14.8 Å². The molecule has 0 bridgehead atoms. The first-order valence-corrected chi connectivity index (χ1v) is 12.4. The Bertz CT molecular complexity index is 1080. The van der Waals surface area contributed by atoms with E-state index in [0.29, 0.717) is 18.5 Å². The number of aryl methyl sites for hydroxylation is 2. The molecule has 0 aliphatic carbocycles. The highest BCUT2D eigenvalue weighted by Gasteiger charge is 2.38. The second-order valence-electron chi connectivity index (χ2n) is 8.94. The molecule has 1 amide bonds. The monoisotopic (exact) mass is 444 g/mol. The SMILES string of the molecule is CC[C@@H](C(=O)N[C@H]1CC(C)(C)Oc2ccccc21)N(c1cc(C)ccc1C)S(C)(=O)=O. The summed E-state index contributed by atoms with van der Waals surface area (Å²) < 4.78 is 33.0. The second kappa shape index (κ2) is 8.54. The largest absolute Gasteiger partial charge is 0.487 e. The predicted molar refractivity (Wildman–Crippen MR) is 124 cm³/mol. The zero-order valence-electron chi connectivity index (χ0n) is 19.1. The van der Waals surface area contributed by atoms with Gasteiger partial charge in [-0.2, -0.15) is 0 Å². The van der Waals surface area contributed by atoms with Gasteiger partial charge in [-0.25, -0.2) is 8.42 Å². The molecule has 3 rings (SSSR count). The number of benzene rings is 2. The van der Waals surface area contributed by atoms with Crippen LogP contribution < -0.4 is 14.4 Å². The fraction of sp³-hybridized carbons (Fsp3) is 0.458. The van der Waals surface area contributed by atoms with Gasteiger partial charge in [0.05, 0.1) is 18.0 Å². The van der Waals surface area contributed by atoms with Crippen molar-refractivity contribution in [2.45, 2.75) is 65.1 Å². The molecule has 1 heterocycles. The zero-order valence-corrected chi connectivity index (χ0v) is 19.9. The molecule has 0 aromatic heterocycles. The highest BCUT2D eigenvalue weighted by Crippen LogP contribution is 2.39. The van der Waals surface area contributed by atoms with Gasteiger partial charge in [-0.05, 0) is 57.4 Å². The lowest BCUT2D eigenvalue weighted by atomic mass is 9.89. The number of amides is 1. The average molecular weight is 445 g/mol. The molecule has 2 aromatic carbocycles. The van der Waals surface area contributed by atoms with E-state index in [0.717, 1.165) is 28.7 Å². The molecule has 0 radical (unpaired) electrons. The van der Waals surface area contributed by atoms with Gasteiger partial charge in [0.15, 0.2) is 0 Å². The van der Waals surface area contributed by atoms with Crippen LogP contribution in [-0.4, -0.2) is 32.2 Å². The van der Waals surface area contributed by atoms with E-state index < -0.39 is 21.7 Å². The van der Waals surface area contributed by atoms with Gasteiger partial charge in [0.1, 0.15) is 17.4 Å². The lowest BCUT2D eigenvalue weighted by molar-refractivity contribution is -0.123. The molecule has 0 fully saturated rings. The van der Waals surface area contributed by atoms with E-state index in [4.69, 9.17) is 4.74 Å². The van der Waals surface area contributed by atoms with Gasteiger partial charge >= 0.3 is 0 Å². The smallest absolute Gasteiger partial charge is 0.244 e. The van der Waals surface area contributed by atoms with Gasteiger partial charge in [0.2, 0.25) is 15.9 Å². The molecular formula is C24H32N2O4S. The van der Waals surface area contributed by atoms with Crippen LogP contribution in [0.3, 0.4) is 0 Å². The Morgan fingerprint density at radius 2 is 1.90 bits per heavy atom. The minimum atomic E-state index is -3.69. The van der Waals surface area contributed by atoms with Gasteiger partial charge in [0, 0.05) is 12.0 Å². The van der Waals surface area contributed by atoms with Crippen LogP contribution in [0.2, 0.25) is 0 Å². The van der Waals surface area contributed by atoms with Crippen LogP contribution >= 0.6 is 0 Å². The van der Waals surface area contributed by atoms with Gasteiger partial charge in [0.25, 0.3) is 0 Å². The Labute approximate surface area is 185 Å². The Morgan fingerprint density at radius 3 is 2.55 bits per heavy atom. The van der Waals surface area contributed by atoms with E-state index in [9.17, 15) is 13.2 Å². The molecule has 2 atom stereocenters. The number of carbonyl (C=O) groups is 1. The summed E-state index contributed by atoms with van der Waals surface area (Å²) in [6.45, 7) is 9.56. The van der Waals surface area contributed by atoms with Crippen molar-refractivity contribution in [1.29, 1.82) is 0 Å². The molecule has 1 aliphatic heterocycles. The molecule has 1 N–H and O–H groups in total. The van der Waals surface area contributed by atoms with Crippen molar-refractivity contribution in [1.82, 2.24) is 5.32 Å². The third-order valence-corrected chi connectivity index (χ3v) is 6.79. The molecule has 168 valence electrons. The highest BCUT2D eigenvalue weighted by atomic mass is 32.2. The lowest BCUT2D eigenvalue weighted by Gasteiger charge is -2.39. The van der Waals surface area contributed by atoms with E-state index in [-0.39, 0.29) is 11.9 Å². The summed E-state index contributed by atoms with van der Waals surface area (Å²) in [7, 11) is -3.69. The molecule has 1 aliphatic rings. The van der Waals surface area contributed by atoms with E-state index in [1.807, 2.05) is 77.1 Å². The molecule has 0 saturated carbocycles. The summed E-state index contributed by atoms with van der Waals surface area (Å²) >= 11 is 0. The Morgan fingerprint density at radius 1 is 1.23 bits per heavy atom. The van der Waals surface area contributed by atoms with Gasteiger partial charge in [-0.15, -0.1) is 0 Å². The summed E-state index contributed by atoms with van der Waals surface area (Å²) in [6, 6.07) is 12.2. The Kier molecular flexibility index (Phi) is 6.37. The van der Waals surface area contributed by atoms with Crippen molar-refractivity contribution in [2.24, 2.45) is 0 Å². The Balaban J connectivity index is 1.97. The first-order valence-electron chi connectivity index (χ1n) is 10.6. The number of sulfonamides is 1. The molecule has 7 heteroatoms. The normalized spacial score (nSPS) is 18.5. The minimum Gasteiger partial charge on any atom is -0.487 e.